The van der Waals surface area contributed by atoms with Gasteiger partial charge in [0, 0.05) is 6.54 Å². The van der Waals surface area contributed by atoms with Crippen molar-refractivity contribution in [3.8, 4) is 5.75 Å². The summed E-state index contributed by atoms with van der Waals surface area (Å²) in [7, 11) is 0. The molecule has 0 radical (unpaired) electrons. The molecule has 8 nitrogen and oxygen atoms in total. The summed E-state index contributed by atoms with van der Waals surface area (Å²) < 4.78 is 0. The van der Waals surface area contributed by atoms with Crippen molar-refractivity contribution in [2.45, 2.75) is 13.3 Å². The van der Waals surface area contributed by atoms with E-state index in [1.807, 2.05) is 0 Å². The molecule has 8 heteroatoms. The van der Waals surface area contributed by atoms with Crippen molar-refractivity contribution in [1.82, 2.24) is 9.97 Å². The normalized spacial score (nSPS) is 10.3. The number of nitrogen functional groups attached to an aromatic ring is 1. The molecule has 0 bridgehead atoms. The lowest BCUT2D eigenvalue weighted by molar-refractivity contribution is -0.385. The molecule has 0 atom stereocenters. The van der Waals surface area contributed by atoms with E-state index in [0.717, 1.165) is 5.56 Å². The summed E-state index contributed by atoms with van der Waals surface area (Å²) >= 11 is 0. The number of nitrogens with two attached hydrogens (primary N) is 1. The maximum absolute atomic E-state index is 11.0. The Hall–Kier alpha value is -2.90. The van der Waals surface area contributed by atoms with Crippen molar-refractivity contribution in [2.24, 2.45) is 0 Å². The zero-order valence-corrected chi connectivity index (χ0v) is 11.4. The molecule has 2 rings (SSSR count). The van der Waals surface area contributed by atoms with Crippen LogP contribution in [0, 0.1) is 17.0 Å². The van der Waals surface area contributed by atoms with Gasteiger partial charge in [-0.2, -0.15) is 4.98 Å². The second kappa shape index (κ2) is 6.04. The van der Waals surface area contributed by atoms with E-state index >= 15 is 0 Å². The molecule has 0 aliphatic rings. The molecule has 1 heterocycles. The first-order valence-corrected chi connectivity index (χ1v) is 6.27. The average Bonchev–Trinajstić information content (AvgIpc) is 2.39. The number of rotatable bonds is 5. The Kier molecular flexibility index (Phi) is 4.17. The minimum Gasteiger partial charge on any atom is -0.508 e. The van der Waals surface area contributed by atoms with E-state index in [2.05, 4.69) is 15.3 Å². The van der Waals surface area contributed by atoms with Gasteiger partial charge in [-0.15, -0.1) is 0 Å². The Morgan fingerprint density at radius 3 is 2.62 bits per heavy atom. The van der Waals surface area contributed by atoms with E-state index in [-0.39, 0.29) is 28.9 Å². The van der Waals surface area contributed by atoms with E-state index < -0.39 is 4.92 Å². The lowest BCUT2D eigenvalue weighted by Gasteiger charge is -2.08. The van der Waals surface area contributed by atoms with Crippen LogP contribution in [0.3, 0.4) is 0 Å². The third kappa shape index (κ3) is 3.56. The molecule has 1 aromatic carbocycles. The Balaban J connectivity index is 2.09. The summed E-state index contributed by atoms with van der Waals surface area (Å²) in [6.07, 6.45) is 0.625. The molecule has 110 valence electrons. The van der Waals surface area contributed by atoms with Gasteiger partial charge in [0.15, 0.2) is 0 Å². The van der Waals surface area contributed by atoms with Gasteiger partial charge in [-0.3, -0.25) is 10.1 Å². The first-order chi connectivity index (χ1) is 9.97. The Morgan fingerprint density at radius 2 is 2.00 bits per heavy atom. The number of anilines is 2. The predicted octanol–water partition coefficient (Wildman–Crippen LogP) is 1.64. The van der Waals surface area contributed by atoms with Gasteiger partial charge in [-0.05, 0) is 31.0 Å². The smallest absolute Gasteiger partial charge is 0.332 e. The number of hydrogen-bond acceptors (Lipinski definition) is 7. The van der Waals surface area contributed by atoms with Crippen LogP contribution in [0.2, 0.25) is 0 Å². The van der Waals surface area contributed by atoms with Gasteiger partial charge >= 0.3 is 5.69 Å². The van der Waals surface area contributed by atoms with Gasteiger partial charge in [0.1, 0.15) is 11.4 Å². The molecule has 0 unspecified atom stereocenters. The molecule has 0 aliphatic carbocycles. The second-order valence-corrected chi connectivity index (χ2v) is 4.46. The van der Waals surface area contributed by atoms with Crippen LogP contribution in [-0.4, -0.2) is 26.5 Å². The fraction of sp³-hybridized carbons (Fsp3) is 0.231. The lowest BCUT2D eigenvalue weighted by atomic mass is 10.1. The first kappa shape index (κ1) is 14.5. The summed E-state index contributed by atoms with van der Waals surface area (Å²) in [4.78, 5) is 18.2. The molecular formula is C13H15N5O3. The molecule has 0 saturated heterocycles. The van der Waals surface area contributed by atoms with Crippen LogP contribution < -0.4 is 11.1 Å². The highest BCUT2D eigenvalue weighted by atomic mass is 16.6. The summed E-state index contributed by atoms with van der Waals surface area (Å²) in [6, 6.07) is 6.74. The highest BCUT2D eigenvalue weighted by molar-refractivity contribution is 5.60. The van der Waals surface area contributed by atoms with Crippen LogP contribution in [0.4, 0.5) is 17.5 Å². The number of nitrogens with zero attached hydrogens (tertiary/aromatic N) is 3. The Morgan fingerprint density at radius 1 is 1.33 bits per heavy atom. The number of benzene rings is 1. The second-order valence-electron chi connectivity index (χ2n) is 4.46. The molecule has 0 fully saturated rings. The Bertz CT molecular complexity index is 658. The van der Waals surface area contributed by atoms with Crippen LogP contribution in [-0.2, 0) is 6.42 Å². The topological polar surface area (TPSA) is 127 Å². The summed E-state index contributed by atoms with van der Waals surface area (Å²) in [5.41, 5.74) is 6.55. The highest BCUT2D eigenvalue weighted by Crippen LogP contribution is 2.25. The molecule has 1 aromatic heterocycles. The molecule has 0 saturated carbocycles. The molecule has 0 amide bonds. The number of aromatic nitrogens is 2. The molecule has 0 aliphatic heterocycles. The highest BCUT2D eigenvalue weighted by Gasteiger charge is 2.20. The summed E-state index contributed by atoms with van der Waals surface area (Å²) in [5, 5.41) is 23.1. The molecular weight excluding hydrogens is 274 g/mol. The summed E-state index contributed by atoms with van der Waals surface area (Å²) in [6.45, 7) is 1.96. The van der Waals surface area contributed by atoms with Gasteiger partial charge in [0.2, 0.25) is 11.8 Å². The van der Waals surface area contributed by atoms with Crippen molar-refractivity contribution in [1.29, 1.82) is 0 Å². The third-order valence-corrected chi connectivity index (χ3v) is 2.90. The van der Waals surface area contributed by atoms with Gasteiger partial charge in [0.05, 0.1) is 4.92 Å². The zero-order chi connectivity index (χ0) is 15.4. The minimum atomic E-state index is -0.530. The van der Waals surface area contributed by atoms with Crippen LogP contribution in [0.15, 0.2) is 24.3 Å². The third-order valence-electron chi connectivity index (χ3n) is 2.90. The van der Waals surface area contributed by atoms with Gasteiger partial charge in [0.25, 0.3) is 0 Å². The number of hydrogen-bond donors (Lipinski definition) is 3. The Labute approximate surface area is 120 Å². The standard InChI is InChI=1S/C13H15N5O3/c1-8-11(18(20)21)12(17-13(14)16-8)15-7-6-9-2-4-10(19)5-3-9/h2-5,19H,6-7H2,1H3,(H3,14,15,16,17). The monoisotopic (exact) mass is 289 g/mol. The largest absolute Gasteiger partial charge is 0.508 e. The molecule has 2 aromatic rings. The number of phenolic OH excluding ortho intramolecular Hbond substituents is 1. The number of nitrogens with one attached hydrogen (secondary N) is 1. The maximum atomic E-state index is 11.0. The number of phenols is 1. The summed E-state index contributed by atoms with van der Waals surface area (Å²) in [5.74, 6) is 0.301. The van der Waals surface area contributed by atoms with Crippen molar-refractivity contribution < 1.29 is 10.0 Å². The van der Waals surface area contributed by atoms with Gasteiger partial charge < -0.3 is 16.2 Å². The SMILES string of the molecule is Cc1nc(N)nc(NCCc2ccc(O)cc2)c1[N+](=O)[O-]. The fourth-order valence-corrected chi connectivity index (χ4v) is 1.92. The van der Waals surface area contributed by atoms with Gasteiger partial charge in [-0.25, -0.2) is 4.98 Å². The minimum absolute atomic E-state index is 0.00904. The quantitative estimate of drug-likeness (QED) is 0.563. The van der Waals surface area contributed by atoms with E-state index in [1.165, 1.54) is 6.92 Å². The molecule has 0 spiro atoms. The van der Waals surface area contributed by atoms with Gasteiger partial charge in [-0.1, -0.05) is 12.1 Å². The maximum Gasteiger partial charge on any atom is 0.332 e. The van der Waals surface area contributed by atoms with Crippen molar-refractivity contribution in [3.05, 3.63) is 45.6 Å². The van der Waals surface area contributed by atoms with E-state index in [9.17, 15) is 15.2 Å². The number of aryl methyl sites for hydroxylation is 1. The predicted molar refractivity (Wildman–Crippen MR) is 78.1 cm³/mol. The first-order valence-electron chi connectivity index (χ1n) is 6.27. The zero-order valence-electron chi connectivity index (χ0n) is 11.4. The van der Waals surface area contributed by atoms with Crippen LogP contribution >= 0.6 is 0 Å². The average molecular weight is 289 g/mol. The van der Waals surface area contributed by atoms with Crippen LogP contribution in [0.25, 0.3) is 0 Å². The lowest BCUT2D eigenvalue weighted by Crippen LogP contribution is -2.12. The van der Waals surface area contributed by atoms with Crippen LogP contribution in [0.5, 0.6) is 5.75 Å². The van der Waals surface area contributed by atoms with E-state index in [0.29, 0.717) is 13.0 Å². The number of aromatic hydroxyl groups is 1. The van der Waals surface area contributed by atoms with E-state index in [1.54, 1.807) is 24.3 Å². The fourth-order valence-electron chi connectivity index (χ4n) is 1.92. The molecule has 4 N–H and O–H groups in total. The molecule has 21 heavy (non-hydrogen) atoms. The van der Waals surface area contributed by atoms with Crippen LogP contribution in [0.1, 0.15) is 11.3 Å². The van der Waals surface area contributed by atoms with Crippen molar-refractivity contribution in [2.75, 3.05) is 17.6 Å². The van der Waals surface area contributed by atoms with E-state index in [4.69, 9.17) is 5.73 Å². The van der Waals surface area contributed by atoms with Crippen molar-refractivity contribution >= 4 is 17.5 Å². The van der Waals surface area contributed by atoms with Crippen molar-refractivity contribution in [3.63, 3.8) is 0 Å². The number of nitro groups is 1.